The molecule has 2 N–H and O–H groups in total. The Hall–Kier alpha value is -4.14. The van der Waals surface area contributed by atoms with E-state index in [2.05, 4.69) is 6.07 Å². The van der Waals surface area contributed by atoms with Gasteiger partial charge in [-0.25, -0.2) is 0 Å². The average molecular weight is 408 g/mol. The highest BCUT2D eigenvalue weighted by molar-refractivity contribution is 5.66. The van der Waals surface area contributed by atoms with Crippen LogP contribution in [0.2, 0.25) is 0 Å². The van der Waals surface area contributed by atoms with E-state index in [9.17, 15) is 15.0 Å². The zero-order valence-electron chi connectivity index (χ0n) is 16.6. The fourth-order valence-electron chi connectivity index (χ4n) is 3.56. The minimum atomic E-state index is -0.916. The topological polar surface area (TPSA) is 86.2 Å². The van der Waals surface area contributed by atoms with Gasteiger partial charge in [-0.05, 0) is 41.0 Å². The Labute approximate surface area is 179 Å². The average Bonchev–Trinajstić information content (AvgIpc) is 2.82. The van der Waals surface area contributed by atoms with Crippen molar-refractivity contribution in [3.8, 4) is 28.6 Å². The molecule has 0 saturated heterocycles. The van der Waals surface area contributed by atoms with Crippen molar-refractivity contribution >= 4 is 0 Å². The van der Waals surface area contributed by atoms with E-state index >= 15 is 0 Å². The third-order valence-corrected chi connectivity index (χ3v) is 5.15. The molecular formula is C26H20N2O3. The number of aliphatic hydroxyl groups is 1. The molecule has 4 rings (SSSR count). The van der Waals surface area contributed by atoms with Gasteiger partial charge in [-0.1, -0.05) is 54.6 Å². The maximum atomic E-state index is 12.1. The van der Waals surface area contributed by atoms with Crippen LogP contribution in [-0.4, -0.2) is 14.8 Å². The van der Waals surface area contributed by atoms with Gasteiger partial charge in [-0.2, -0.15) is 5.26 Å². The molecule has 1 heterocycles. The molecule has 0 aliphatic carbocycles. The predicted molar refractivity (Wildman–Crippen MR) is 119 cm³/mol. The van der Waals surface area contributed by atoms with Gasteiger partial charge in [-0.15, -0.1) is 0 Å². The molecule has 0 radical (unpaired) electrons. The summed E-state index contributed by atoms with van der Waals surface area (Å²) in [7, 11) is 0. The molecule has 1 aromatic heterocycles. The Bertz CT molecular complexity index is 1320. The second kappa shape index (κ2) is 8.70. The van der Waals surface area contributed by atoms with Gasteiger partial charge in [-0.3, -0.25) is 4.79 Å². The highest BCUT2D eigenvalue weighted by atomic mass is 16.3. The SMILES string of the molecule is N#Cc1cccc(C(O)Cc2cc(=O)c(O)cn2-c2cccc(-c3ccccc3)c2)c1. The number of pyridine rings is 1. The summed E-state index contributed by atoms with van der Waals surface area (Å²) in [4.78, 5) is 12.1. The summed E-state index contributed by atoms with van der Waals surface area (Å²) in [6, 6.07) is 27.8. The second-order valence-corrected chi connectivity index (χ2v) is 7.26. The summed E-state index contributed by atoms with van der Waals surface area (Å²) in [5.41, 5.74) is 3.87. The van der Waals surface area contributed by atoms with Crippen LogP contribution in [0.15, 0.2) is 95.9 Å². The minimum absolute atomic E-state index is 0.139. The Morgan fingerprint density at radius 3 is 2.42 bits per heavy atom. The highest BCUT2D eigenvalue weighted by Crippen LogP contribution is 2.25. The first-order chi connectivity index (χ1) is 15.0. The zero-order chi connectivity index (χ0) is 21.8. The summed E-state index contributed by atoms with van der Waals surface area (Å²) in [6.45, 7) is 0. The first-order valence-corrected chi connectivity index (χ1v) is 9.83. The summed E-state index contributed by atoms with van der Waals surface area (Å²) >= 11 is 0. The van der Waals surface area contributed by atoms with Gasteiger partial charge in [0.1, 0.15) is 0 Å². The van der Waals surface area contributed by atoms with Crippen LogP contribution >= 0.6 is 0 Å². The van der Waals surface area contributed by atoms with Gasteiger partial charge in [0.2, 0.25) is 5.43 Å². The summed E-state index contributed by atoms with van der Waals surface area (Å²) < 4.78 is 1.71. The van der Waals surface area contributed by atoms with Crippen molar-refractivity contribution in [1.82, 2.24) is 4.57 Å². The lowest BCUT2D eigenvalue weighted by Gasteiger charge is -2.18. The van der Waals surface area contributed by atoms with Crippen molar-refractivity contribution in [1.29, 1.82) is 5.26 Å². The van der Waals surface area contributed by atoms with Crippen molar-refractivity contribution in [3.63, 3.8) is 0 Å². The predicted octanol–water partition coefficient (Wildman–Crippen LogP) is 4.36. The Balaban J connectivity index is 1.75. The van der Waals surface area contributed by atoms with Crippen molar-refractivity contribution < 1.29 is 10.2 Å². The summed E-state index contributed by atoms with van der Waals surface area (Å²) in [5, 5.41) is 29.9. The molecule has 1 unspecified atom stereocenters. The number of rotatable bonds is 5. The van der Waals surface area contributed by atoms with E-state index in [4.69, 9.17) is 5.26 Å². The molecule has 0 aliphatic heterocycles. The number of aromatic hydroxyl groups is 1. The zero-order valence-corrected chi connectivity index (χ0v) is 16.6. The van der Waals surface area contributed by atoms with Crippen LogP contribution in [0.1, 0.15) is 22.9 Å². The molecule has 0 spiro atoms. The molecule has 0 bridgehead atoms. The van der Waals surface area contributed by atoms with Crippen molar-refractivity contribution in [2.45, 2.75) is 12.5 Å². The molecule has 152 valence electrons. The molecule has 3 aromatic carbocycles. The van der Waals surface area contributed by atoms with Gasteiger partial charge in [0.15, 0.2) is 5.75 Å². The largest absolute Gasteiger partial charge is 0.503 e. The van der Waals surface area contributed by atoms with E-state index in [0.29, 0.717) is 16.8 Å². The second-order valence-electron chi connectivity index (χ2n) is 7.26. The van der Waals surface area contributed by atoms with E-state index < -0.39 is 11.5 Å². The third-order valence-electron chi connectivity index (χ3n) is 5.15. The lowest BCUT2D eigenvalue weighted by atomic mass is 10.0. The van der Waals surface area contributed by atoms with Crippen LogP contribution < -0.4 is 5.43 Å². The van der Waals surface area contributed by atoms with Crippen molar-refractivity contribution in [2.75, 3.05) is 0 Å². The number of hydrogen-bond acceptors (Lipinski definition) is 4. The maximum absolute atomic E-state index is 12.1. The van der Waals surface area contributed by atoms with E-state index in [0.717, 1.165) is 16.8 Å². The quantitative estimate of drug-likeness (QED) is 0.514. The molecule has 0 aliphatic rings. The summed E-state index contributed by atoms with van der Waals surface area (Å²) in [5.74, 6) is -0.366. The molecule has 0 amide bonds. The van der Waals surface area contributed by atoms with E-state index in [-0.39, 0.29) is 12.2 Å². The van der Waals surface area contributed by atoms with Gasteiger partial charge in [0, 0.05) is 23.9 Å². The molecule has 4 aromatic rings. The van der Waals surface area contributed by atoms with Gasteiger partial charge < -0.3 is 14.8 Å². The van der Waals surface area contributed by atoms with Crippen LogP contribution in [0.3, 0.4) is 0 Å². The molecule has 0 saturated carbocycles. The minimum Gasteiger partial charge on any atom is -0.503 e. The van der Waals surface area contributed by atoms with Crippen LogP contribution in [0.5, 0.6) is 5.75 Å². The number of hydrogen-bond donors (Lipinski definition) is 2. The number of nitrogens with zero attached hydrogens (tertiary/aromatic N) is 2. The van der Waals surface area contributed by atoms with Crippen LogP contribution in [0.4, 0.5) is 0 Å². The fraction of sp³-hybridized carbons (Fsp3) is 0.0769. The molecule has 0 fully saturated rings. The monoisotopic (exact) mass is 408 g/mol. The van der Waals surface area contributed by atoms with Crippen LogP contribution in [0.25, 0.3) is 16.8 Å². The van der Waals surface area contributed by atoms with Gasteiger partial charge in [0.25, 0.3) is 0 Å². The normalized spacial score (nSPS) is 11.6. The Morgan fingerprint density at radius 2 is 1.65 bits per heavy atom. The molecule has 5 heteroatoms. The van der Waals surface area contributed by atoms with Gasteiger partial charge in [0.05, 0.1) is 23.9 Å². The lowest BCUT2D eigenvalue weighted by molar-refractivity contribution is 0.176. The lowest BCUT2D eigenvalue weighted by Crippen LogP contribution is -2.14. The number of benzene rings is 3. The number of aromatic nitrogens is 1. The first kappa shape index (κ1) is 20.1. The Morgan fingerprint density at radius 1 is 0.903 bits per heavy atom. The fourth-order valence-corrected chi connectivity index (χ4v) is 3.56. The summed E-state index contributed by atoms with van der Waals surface area (Å²) in [6.07, 6.45) is 0.598. The molecule has 1 atom stereocenters. The van der Waals surface area contributed by atoms with E-state index in [1.54, 1.807) is 28.8 Å². The van der Waals surface area contributed by atoms with Crippen molar-refractivity contribution in [3.05, 3.63) is 118 Å². The number of aliphatic hydroxyl groups excluding tert-OH is 1. The smallest absolute Gasteiger partial charge is 0.223 e. The third kappa shape index (κ3) is 4.40. The number of nitriles is 1. The molecular weight excluding hydrogens is 388 g/mol. The maximum Gasteiger partial charge on any atom is 0.223 e. The Kier molecular flexibility index (Phi) is 5.65. The van der Waals surface area contributed by atoms with Gasteiger partial charge >= 0.3 is 0 Å². The van der Waals surface area contributed by atoms with Crippen molar-refractivity contribution in [2.24, 2.45) is 0 Å². The molecule has 5 nitrogen and oxygen atoms in total. The van der Waals surface area contributed by atoms with Crippen LogP contribution in [0, 0.1) is 11.3 Å². The van der Waals surface area contributed by atoms with E-state index in [1.807, 2.05) is 54.6 Å². The van der Waals surface area contributed by atoms with E-state index in [1.165, 1.54) is 12.3 Å². The van der Waals surface area contributed by atoms with Crippen LogP contribution in [-0.2, 0) is 6.42 Å². The highest BCUT2D eigenvalue weighted by Gasteiger charge is 2.15. The first-order valence-electron chi connectivity index (χ1n) is 9.83. The standard InChI is InChI=1S/C26H20N2O3/c27-16-18-6-4-10-21(12-18)24(29)14-23-15-25(30)26(31)17-28(23)22-11-5-9-20(13-22)19-7-2-1-3-8-19/h1-13,15,17,24,29,31H,14H2. The molecule has 31 heavy (non-hydrogen) atoms.